The number of thiophene rings is 1. The molecule has 6 rings (SSSR count). The first kappa shape index (κ1) is 28.9. The zero-order valence-electron chi connectivity index (χ0n) is 24.1. The zero-order chi connectivity index (χ0) is 29.8. The number of aromatic nitrogens is 2. The molecule has 0 saturated heterocycles. The topological polar surface area (TPSA) is 85.6 Å². The second-order valence-electron chi connectivity index (χ2n) is 10.3. The van der Waals surface area contributed by atoms with Crippen molar-refractivity contribution in [3.8, 4) is 22.6 Å². The van der Waals surface area contributed by atoms with Gasteiger partial charge in [0, 0.05) is 4.88 Å². The molecule has 0 spiro atoms. The number of thioether (sulfide) groups is 1. The lowest BCUT2D eigenvalue weighted by Crippen LogP contribution is -2.24. The van der Waals surface area contributed by atoms with Crippen LogP contribution >= 0.6 is 23.1 Å². The van der Waals surface area contributed by atoms with Crippen LogP contribution in [-0.2, 0) is 17.6 Å². The van der Waals surface area contributed by atoms with Gasteiger partial charge in [0.2, 0.25) is 0 Å². The number of fused-ring (bicyclic) bond motifs is 3. The minimum atomic E-state index is -0.275. The van der Waals surface area contributed by atoms with Crippen molar-refractivity contribution in [2.75, 3.05) is 12.4 Å². The molecule has 9 heteroatoms. The minimum absolute atomic E-state index is 0.0593. The third-order valence-electron chi connectivity index (χ3n) is 7.45. The lowest BCUT2D eigenvalue weighted by atomic mass is 9.97. The Morgan fingerprint density at radius 1 is 1.00 bits per heavy atom. The Morgan fingerprint density at radius 3 is 2.47 bits per heavy atom. The van der Waals surface area contributed by atoms with Crippen LogP contribution in [0, 0.1) is 0 Å². The van der Waals surface area contributed by atoms with Crippen LogP contribution in [0.3, 0.4) is 0 Å². The van der Waals surface area contributed by atoms with Crippen LogP contribution < -0.4 is 15.7 Å². The highest BCUT2D eigenvalue weighted by Crippen LogP contribution is 2.35. The second-order valence-corrected chi connectivity index (χ2v) is 12.3. The fourth-order valence-electron chi connectivity index (χ4n) is 5.28. The van der Waals surface area contributed by atoms with Crippen LogP contribution in [0.2, 0.25) is 0 Å². The molecule has 0 bridgehead atoms. The number of rotatable bonds is 9. The number of hydrogen-bond acceptors (Lipinski definition) is 7. The summed E-state index contributed by atoms with van der Waals surface area (Å²) in [5.74, 6) is 0.519. The molecule has 0 saturated carbocycles. The Hall–Kier alpha value is -4.21. The predicted molar refractivity (Wildman–Crippen MR) is 176 cm³/mol. The Balaban J connectivity index is 1.22. The summed E-state index contributed by atoms with van der Waals surface area (Å²) in [6, 6.07) is 25.7. The molecule has 218 valence electrons. The molecule has 0 radical (unpaired) electrons. The molecule has 3 aromatic carbocycles. The van der Waals surface area contributed by atoms with Crippen LogP contribution in [0.5, 0.6) is 5.75 Å². The molecule has 5 aromatic rings. The molecule has 2 heterocycles. The SMILES string of the molecule is CCOc1ccc(-n2c(SCC(=O)NN=C(C)c3ccc(-c4ccccc4)cc3)nc3sc4c(c3c2=O)CCCC4)cc1. The van der Waals surface area contributed by atoms with Gasteiger partial charge in [0.25, 0.3) is 11.5 Å². The number of ether oxygens (including phenoxy) is 1. The third-order valence-corrected chi connectivity index (χ3v) is 9.58. The minimum Gasteiger partial charge on any atom is -0.494 e. The average Bonchev–Trinajstić information content (AvgIpc) is 3.42. The summed E-state index contributed by atoms with van der Waals surface area (Å²) in [4.78, 5) is 33.8. The van der Waals surface area contributed by atoms with Gasteiger partial charge in [0.15, 0.2) is 5.16 Å². The van der Waals surface area contributed by atoms with Crippen molar-refractivity contribution >= 4 is 44.9 Å². The fraction of sp³-hybridized carbons (Fsp3) is 0.235. The molecule has 2 aromatic heterocycles. The first-order chi connectivity index (χ1) is 21.0. The standard InChI is InChI=1S/C34H32N4O3S2/c1-3-41-27-19-17-26(18-20-27)38-33(40)31-28-11-7-8-12-29(28)43-32(31)35-34(38)42-21-30(39)37-36-22(2)23-13-15-25(16-14-23)24-9-5-4-6-10-24/h4-6,9-10,13-20H,3,7-8,11-12,21H2,1-2H3,(H,37,39). The lowest BCUT2D eigenvalue weighted by Gasteiger charge is -2.14. The summed E-state index contributed by atoms with van der Waals surface area (Å²) < 4.78 is 7.23. The molecule has 0 aliphatic heterocycles. The summed E-state index contributed by atoms with van der Waals surface area (Å²) in [6.07, 6.45) is 4.09. The highest BCUT2D eigenvalue weighted by molar-refractivity contribution is 7.99. The van der Waals surface area contributed by atoms with Gasteiger partial charge in [-0.15, -0.1) is 11.3 Å². The van der Waals surface area contributed by atoms with Crippen molar-refractivity contribution in [3.63, 3.8) is 0 Å². The quantitative estimate of drug-likeness (QED) is 0.0841. The molecule has 0 unspecified atom stereocenters. The summed E-state index contributed by atoms with van der Waals surface area (Å²) in [5, 5.41) is 5.52. The van der Waals surface area contributed by atoms with E-state index in [2.05, 4.69) is 22.7 Å². The molecule has 1 aliphatic rings. The van der Waals surface area contributed by atoms with Gasteiger partial charge >= 0.3 is 0 Å². The van der Waals surface area contributed by atoms with Crippen molar-refractivity contribution in [2.24, 2.45) is 5.10 Å². The number of nitrogens with one attached hydrogen (secondary N) is 1. The van der Waals surface area contributed by atoms with Crippen molar-refractivity contribution in [2.45, 2.75) is 44.7 Å². The first-order valence-electron chi connectivity index (χ1n) is 14.4. The van der Waals surface area contributed by atoms with Gasteiger partial charge in [-0.1, -0.05) is 66.4 Å². The average molecular weight is 609 g/mol. The number of benzene rings is 3. The van der Waals surface area contributed by atoms with Crippen LogP contribution in [0.4, 0.5) is 0 Å². The number of carbonyl (C=O) groups excluding carboxylic acids is 1. The molecule has 1 N–H and O–H groups in total. The van der Waals surface area contributed by atoms with Crippen LogP contribution in [-0.4, -0.2) is 33.5 Å². The van der Waals surface area contributed by atoms with Gasteiger partial charge in [-0.05, 0) is 86.1 Å². The maximum absolute atomic E-state index is 14.0. The number of hydrogen-bond donors (Lipinski definition) is 1. The number of carbonyl (C=O) groups is 1. The van der Waals surface area contributed by atoms with E-state index in [-0.39, 0.29) is 17.2 Å². The summed E-state index contributed by atoms with van der Waals surface area (Å²) in [7, 11) is 0. The fourth-order valence-corrected chi connectivity index (χ4v) is 7.38. The molecule has 43 heavy (non-hydrogen) atoms. The maximum atomic E-state index is 14.0. The molecule has 7 nitrogen and oxygen atoms in total. The maximum Gasteiger partial charge on any atom is 0.267 e. The Bertz CT molecular complexity index is 1840. The second kappa shape index (κ2) is 13.0. The zero-order valence-corrected chi connectivity index (χ0v) is 25.8. The van der Waals surface area contributed by atoms with Gasteiger partial charge in [0.05, 0.1) is 29.1 Å². The van der Waals surface area contributed by atoms with E-state index in [1.807, 2.05) is 80.6 Å². The van der Waals surface area contributed by atoms with E-state index in [9.17, 15) is 9.59 Å². The van der Waals surface area contributed by atoms with Crippen LogP contribution in [0.25, 0.3) is 27.0 Å². The van der Waals surface area contributed by atoms with Crippen LogP contribution in [0.1, 0.15) is 42.7 Å². The Morgan fingerprint density at radius 2 is 1.72 bits per heavy atom. The lowest BCUT2D eigenvalue weighted by molar-refractivity contribution is -0.118. The summed E-state index contributed by atoms with van der Waals surface area (Å²) in [6.45, 7) is 4.36. The van der Waals surface area contributed by atoms with Crippen molar-refractivity contribution < 1.29 is 9.53 Å². The normalized spacial score (nSPS) is 13.1. The highest BCUT2D eigenvalue weighted by atomic mass is 32.2. The summed E-state index contributed by atoms with van der Waals surface area (Å²) in [5.41, 5.74) is 8.29. The van der Waals surface area contributed by atoms with E-state index in [0.29, 0.717) is 28.5 Å². The van der Waals surface area contributed by atoms with Gasteiger partial charge in [0.1, 0.15) is 10.6 Å². The van der Waals surface area contributed by atoms with E-state index in [1.165, 1.54) is 16.6 Å². The van der Waals surface area contributed by atoms with Gasteiger partial charge in [-0.25, -0.2) is 10.4 Å². The molecular formula is C34H32N4O3S2. The number of amides is 1. The molecule has 1 amide bonds. The van der Waals surface area contributed by atoms with E-state index < -0.39 is 0 Å². The summed E-state index contributed by atoms with van der Waals surface area (Å²) >= 11 is 2.84. The van der Waals surface area contributed by atoms with Crippen LogP contribution in [0.15, 0.2) is 93.9 Å². The highest BCUT2D eigenvalue weighted by Gasteiger charge is 2.23. The number of aryl methyl sites for hydroxylation is 2. The molecule has 0 atom stereocenters. The molecule has 0 fully saturated rings. The molecule has 1 aliphatic carbocycles. The van der Waals surface area contributed by atoms with E-state index in [1.54, 1.807) is 15.9 Å². The van der Waals surface area contributed by atoms with Gasteiger partial charge < -0.3 is 4.74 Å². The first-order valence-corrected chi connectivity index (χ1v) is 16.2. The predicted octanol–water partition coefficient (Wildman–Crippen LogP) is 7.02. The smallest absolute Gasteiger partial charge is 0.267 e. The largest absolute Gasteiger partial charge is 0.494 e. The van der Waals surface area contributed by atoms with Crippen molar-refractivity contribution in [3.05, 3.63) is 105 Å². The monoisotopic (exact) mass is 608 g/mol. The Labute approximate surface area is 258 Å². The van der Waals surface area contributed by atoms with Gasteiger partial charge in [-0.3, -0.25) is 14.2 Å². The number of nitrogens with zero attached hydrogens (tertiary/aromatic N) is 3. The third kappa shape index (κ3) is 6.28. The van der Waals surface area contributed by atoms with E-state index in [0.717, 1.165) is 58.5 Å². The number of hydrazone groups is 1. The Kier molecular flexibility index (Phi) is 8.72. The van der Waals surface area contributed by atoms with E-state index >= 15 is 0 Å². The van der Waals surface area contributed by atoms with E-state index in [4.69, 9.17) is 9.72 Å². The van der Waals surface area contributed by atoms with Gasteiger partial charge in [-0.2, -0.15) is 5.10 Å². The molecular weight excluding hydrogens is 577 g/mol. The van der Waals surface area contributed by atoms with Crippen molar-refractivity contribution in [1.29, 1.82) is 0 Å². The van der Waals surface area contributed by atoms with Crippen molar-refractivity contribution in [1.82, 2.24) is 15.0 Å².